The van der Waals surface area contributed by atoms with Gasteiger partial charge < -0.3 is 10.8 Å². The monoisotopic (exact) mass is 145 g/mol. The summed E-state index contributed by atoms with van der Waals surface area (Å²) in [7, 11) is 0. The second kappa shape index (κ2) is 5.38. The predicted octanol–water partition coefficient (Wildman–Crippen LogP) is 0.0653. The van der Waals surface area contributed by atoms with Gasteiger partial charge >= 0.3 is 0 Å². The van der Waals surface area contributed by atoms with Crippen molar-refractivity contribution in [3.8, 4) is 0 Å². The first-order valence-corrected chi connectivity index (χ1v) is 3.61. The van der Waals surface area contributed by atoms with Crippen LogP contribution in [-0.2, 0) is 4.79 Å². The van der Waals surface area contributed by atoms with E-state index in [-0.39, 0.29) is 12.4 Å². The lowest BCUT2D eigenvalue weighted by Crippen LogP contribution is -2.31. The van der Waals surface area contributed by atoms with Gasteiger partial charge in [0.05, 0.1) is 6.04 Å². The van der Waals surface area contributed by atoms with Crippen LogP contribution in [0.25, 0.3) is 0 Å². The maximum absolute atomic E-state index is 10.9. The lowest BCUT2D eigenvalue weighted by atomic mass is 10.1. The highest BCUT2D eigenvalue weighted by molar-refractivity contribution is 5.83. The fourth-order valence-electron chi connectivity index (χ4n) is 0.732. The minimum absolute atomic E-state index is 0.00335. The Bertz CT molecular complexity index is 104. The number of carbonyl (C=O) groups excluding carboxylic acids is 1. The second-order valence-corrected chi connectivity index (χ2v) is 2.34. The zero-order valence-corrected chi connectivity index (χ0v) is 6.34. The Morgan fingerprint density at radius 1 is 1.70 bits per heavy atom. The molecule has 0 aliphatic carbocycles. The summed E-state index contributed by atoms with van der Waals surface area (Å²) in [5, 5.41) is 8.42. The number of Topliss-reactive ketones (excluding diaryl/α,β-unsaturated/α-hetero) is 1. The average molecular weight is 145 g/mol. The Morgan fingerprint density at radius 3 is 2.70 bits per heavy atom. The molecule has 0 rings (SSSR count). The minimum Gasteiger partial charge on any atom is -0.396 e. The zero-order valence-electron chi connectivity index (χ0n) is 6.34. The number of nitrogens with two attached hydrogens (primary N) is 1. The largest absolute Gasteiger partial charge is 0.396 e. The molecule has 0 aromatic heterocycles. The van der Waals surface area contributed by atoms with E-state index in [1.807, 2.05) is 6.92 Å². The highest BCUT2D eigenvalue weighted by Crippen LogP contribution is 1.96. The van der Waals surface area contributed by atoms with Crippen LogP contribution in [0.5, 0.6) is 0 Å². The summed E-state index contributed by atoms with van der Waals surface area (Å²) in [6, 6.07) is -0.454. The van der Waals surface area contributed by atoms with Gasteiger partial charge in [0.2, 0.25) is 0 Å². The lowest BCUT2D eigenvalue weighted by molar-refractivity contribution is -0.120. The average Bonchev–Trinajstić information content (AvgIpc) is 1.89. The molecule has 0 bridgehead atoms. The molecule has 60 valence electrons. The maximum Gasteiger partial charge on any atom is 0.149 e. The van der Waals surface area contributed by atoms with Crippen LogP contribution in [0.15, 0.2) is 0 Å². The topological polar surface area (TPSA) is 63.3 Å². The van der Waals surface area contributed by atoms with Crippen molar-refractivity contribution >= 4 is 5.78 Å². The van der Waals surface area contributed by atoms with Crippen LogP contribution in [0.2, 0.25) is 0 Å². The van der Waals surface area contributed by atoms with Gasteiger partial charge in [-0.1, -0.05) is 6.92 Å². The van der Waals surface area contributed by atoms with Crippen molar-refractivity contribution in [3.05, 3.63) is 0 Å². The van der Waals surface area contributed by atoms with E-state index in [4.69, 9.17) is 10.8 Å². The van der Waals surface area contributed by atoms with Crippen molar-refractivity contribution in [3.63, 3.8) is 0 Å². The summed E-state index contributed by atoms with van der Waals surface area (Å²) in [5.41, 5.74) is 5.40. The van der Waals surface area contributed by atoms with Crippen molar-refractivity contribution in [1.29, 1.82) is 0 Å². The molecule has 0 fully saturated rings. The Hall–Kier alpha value is -0.410. The molecule has 0 aromatic rings. The fourth-order valence-corrected chi connectivity index (χ4v) is 0.732. The van der Waals surface area contributed by atoms with Gasteiger partial charge in [0.15, 0.2) is 0 Å². The van der Waals surface area contributed by atoms with Crippen LogP contribution in [0, 0.1) is 0 Å². The number of hydrogen-bond donors (Lipinski definition) is 2. The minimum atomic E-state index is -0.454. The molecule has 3 nitrogen and oxygen atoms in total. The predicted molar refractivity (Wildman–Crippen MR) is 39.6 cm³/mol. The molecule has 0 saturated carbocycles. The normalized spacial score (nSPS) is 13.1. The van der Waals surface area contributed by atoms with Crippen LogP contribution in [-0.4, -0.2) is 23.5 Å². The van der Waals surface area contributed by atoms with Gasteiger partial charge in [0.25, 0.3) is 0 Å². The lowest BCUT2D eigenvalue weighted by Gasteiger charge is -2.06. The van der Waals surface area contributed by atoms with Crippen molar-refractivity contribution in [1.82, 2.24) is 0 Å². The Balaban J connectivity index is 3.49. The van der Waals surface area contributed by atoms with Gasteiger partial charge in [-0.05, 0) is 12.8 Å². The molecule has 0 aliphatic rings. The summed E-state index contributed by atoms with van der Waals surface area (Å²) in [5.74, 6) is 0.0524. The van der Waals surface area contributed by atoms with Gasteiger partial charge in [-0.2, -0.15) is 0 Å². The van der Waals surface area contributed by atoms with Crippen LogP contribution >= 0.6 is 0 Å². The molecule has 0 amide bonds. The highest BCUT2D eigenvalue weighted by atomic mass is 16.3. The van der Waals surface area contributed by atoms with Crippen molar-refractivity contribution < 1.29 is 9.90 Å². The van der Waals surface area contributed by atoms with E-state index in [9.17, 15) is 4.79 Å². The Kier molecular flexibility index (Phi) is 5.16. The third kappa shape index (κ3) is 3.58. The first-order valence-electron chi connectivity index (χ1n) is 3.61. The number of ketones is 1. The molecule has 1 atom stereocenters. The highest BCUT2D eigenvalue weighted by Gasteiger charge is 2.10. The second-order valence-electron chi connectivity index (χ2n) is 2.34. The van der Waals surface area contributed by atoms with E-state index in [0.29, 0.717) is 12.8 Å². The standard InChI is InChI=1S/C7H15NO2/c1-2-3-7(10)6(8)4-5-9/h6,9H,2-5,8H2,1H3. The summed E-state index contributed by atoms with van der Waals surface area (Å²) in [6.07, 6.45) is 1.75. The summed E-state index contributed by atoms with van der Waals surface area (Å²) in [4.78, 5) is 10.9. The Labute approximate surface area is 61.2 Å². The molecule has 10 heavy (non-hydrogen) atoms. The first-order chi connectivity index (χ1) is 4.72. The van der Waals surface area contributed by atoms with Gasteiger partial charge in [-0.15, -0.1) is 0 Å². The first kappa shape index (κ1) is 9.59. The van der Waals surface area contributed by atoms with Crippen LogP contribution in [0.4, 0.5) is 0 Å². The third-order valence-electron chi connectivity index (χ3n) is 1.35. The molecule has 1 unspecified atom stereocenters. The van der Waals surface area contributed by atoms with Crippen LogP contribution in [0.1, 0.15) is 26.2 Å². The summed E-state index contributed by atoms with van der Waals surface area (Å²) < 4.78 is 0. The van der Waals surface area contributed by atoms with Crippen molar-refractivity contribution in [2.45, 2.75) is 32.2 Å². The van der Waals surface area contributed by atoms with Crippen LogP contribution < -0.4 is 5.73 Å². The van der Waals surface area contributed by atoms with E-state index < -0.39 is 6.04 Å². The summed E-state index contributed by atoms with van der Waals surface area (Å²) >= 11 is 0. The van der Waals surface area contributed by atoms with E-state index >= 15 is 0 Å². The molecular weight excluding hydrogens is 130 g/mol. The van der Waals surface area contributed by atoms with Gasteiger partial charge in [-0.25, -0.2) is 0 Å². The smallest absolute Gasteiger partial charge is 0.149 e. The van der Waals surface area contributed by atoms with E-state index in [1.165, 1.54) is 0 Å². The molecule has 3 heteroatoms. The Morgan fingerprint density at radius 2 is 2.30 bits per heavy atom. The molecule has 0 heterocycles. The molecule has 0 radical (unpaired) electrons. The molecule has 0 aromatic carbocycles. The molecular formula is C7H15NO2. The van der Waals surface area contributed by atoms with Gasteiger partial charge in [0.1, 0.15) is 5.78 Å². The maximum atomic E-state index is 10.9. The number of rotatable bonds is 5. The number of hydrogen-bond acceptors (Lipinski definition) is 3. The number of aliphatic hydroxyl groups is 1. The van der Waals surface area contributed by atoms with E-state index in [1.54, 1.807) is 0 Å². The molecule has 0 saturated heterocycles. The van der Waals surface area contributed by atoms with E-state index in [0.717, 1.165) is 6.42 Å². The van der Waals surface area contributed by atoms with Gasteiger partial charge in [0, 0.05) is 13.0 Å². The zero-order chi connectivity index (χ0) is 7.98. The molecule has 3 N–H and O–H groups in total. The van der Waals surface area contributed by atoms with Crippen LogP contribution in [0.3, 0.4) is 0 Å². The quantitative estimate of drug-likeness (QED) is 0.575. The number of aliphatic hydroxyl groups excluding tert-OH is 1. The summed E-state index contributed by atoms with van der Waals surface area (Å²) in [6.45, 7) is 1.93. The number of carbonyl (C=O) groups is 1. The van der Waals surface area contributed by atoms with Crippen molar-refractivity contribution in [2.24, 2.45) is 5.73 Å². The SMILES string of the molecule is CCCC(=O)C(N)CCO. The fraction of sp³-hybridized carbons (Fsp3) is 0.857. The van der Waals surface area contributed by atoms with E-state index in [2.05, 4.69) is 0 Å². The van der Waals surface area contributed by atoms with Gasteiger partial charge in [-0.3, -0.25) is 4.79 Å². The third-order valence-corrected chi connectivity index (χ3v) is 1.35. The molecule has 0 spiro atoms. The molecule has 0 aliphatic heterocycles. The van der Waals surface area contributed by atoms with Crippen molar-refractivity contribution in [2.75, 3.05) is 6.61 Å².